The molecular weight excluding hydrogens is 451 g/mol. The molecule has 0 spiro atoms. The van der Waals surface area contributed by atoms with Gasteiger partial charge in [0.2, 0.25) is 0 Å². The van der Waals surface area contributed by atoms with Crippen molar-refractivity contribution in [3.05, 3.63) is 68.9 Å². The molecule has 0 saturated carbocycles. The zero-order chi connectivity index (χ0) is 21.1. The number of nitrogens with zero attached hydrogens (tertiary/aromatic N) is 3. The quantitative estimate of drug-likeness (QED) is 0.570. The summed E-state index contributed by atoms with van der Waals surface area (Å²) in [5.41, 5.74) is 1.90. The van der Waals surface area contributed by atoms with Gasteiger partial charge in [0.15, 0.2) is 5.82 Å². The molecule has 0 radical (unpaired) electrons. The molecule has 4 rings (SSSR count). The molecule has 0 unspecified atom stereocenters. The third-order valence-electron chi connectivity index (χ3n) is 4.40. The number of carbonyl (C=O) groups is 1. The first-order valence-electron chi connectivity index (χ1n) is 9.01. The normalized spacial score (nSPS) is 15.6. The lowest BCUT2D eigenvalue weighted by atomic mass is 10.1. The second-order valence-electron chi connectivity index (χ2n) is 6.63. The van der Waals surface area contributed by atoms with Crippen molar-refractivity contribution < 1.29 is 14.2 Å². The van der Waals surface area contributed by atoms with Gasteiger partial charge in [0.25, 0.3) is 11.8 Å². The number of amides is 1. The van der Waals surface area contributed by atoms with Crippen molar-refractivity contribution >= 4 is 46.4 Å². The summed E-state index contributed by atoms with van der Waals surface area (Å²) in [6.07, 6.45) is 0.369. The molecule has 1 aromatic heterocycles. The zero-order valence-electron chi connectivity index (χ0n) is 15.4. The minimum atomic E-state index is -0.341. The van der Waals surface area contributed by atoms with Crippen LogP contribution in [0.2, 0.25) is 15.1 Å². The Morgan fingerprint density at radius 2 is 1.90 bits per heavy atom. The number of aromatic nitrogens is 2. The Hall–Kier alpha value is -2.61. The van der Waals surface area contributed by atoms with Crippen LogP contribution in [0.15, 0.2) is 52.1 Å². The minimum absolute atomic E-state index is 0.300. The fourth-order valence-corrected chi connectivity index (χ4v) is 3.30. The summed E-state index contributed by atoms with van der Waals surface area (Å²) >= 11 is 17.8. The van der Waals surface area contributed by atoms with Gasteiger partial charge in [0.05, 0.1) is 16.5 Å². The summed E-state index contributed by atoms with van der Waals surface area (Å²) in [6, 6.07) is 12.3. The van der Waals surface area contributed by atoms with Crippen molar-refractivity contribution in [2.24, 2.45) is 5.16 Å². The third kappa shape index (κ3) is 4.92. The second kappa shape index (κ2) is 9.04. The molecule has 1 aliphatic rings. The molecule has 0 bridgehead atoms. The molecule has 2 heterocycles. The van der Waals surface area contributed by atoms with E-state index in [-0.39, 0.29) is 12.0 Å². The number of hydrogen-bond acceptors (Lipinski definition) is 6. The minimum Gasteiger partial charge on any atom is -0.391 e. The number of rotatable bonds is 6. The topological polar surface area (TPSA) is 89.6 Å². The van der Waals surface area contributed by atoms with Crippen LogP contribution < -0.4 is 5.32 Å². The number of halogens is 3. The van der Waals surface area contributed by atoms with Crippen LogP contribution in [0.4, 0.5) is 0 Å². The van der Waals surface area contributed by atoms with Gasteiger partial charge in [0, 0.05) is 23.6 Å². The van der Waals surface area contributed by atoms with Crippen LogP contribution in [0.25, 0.3) is 11.5 Å². The van der Waals surface area contributed by atoms with E-state index in [2.05, 4.69) is 20.6 Å². The van der Waals surface area contributed by atoms with Crippen molar-refractivity contribution in [2.45, 2.75) is 25.5 Å². The Balaban J connectivity index is 1.29. The monoisotopic (exact) mass is 464 g/mol. The van der Waals surface area contributed by atoms with Crippen molar-refractivity contribution in [3.8, 4) is 11.5 Å². The lowest BCUT2D eigenvalue weighted by Crippen LogP contribution is -2.30. The molecule has 0 fully saturated rings. The van der Waals surface area contributed by atoms with E-state index in [9.17, 15) is 4.79 Å². The van der Waals surface area contributed by atoms with Crippen LogP contribution in [0, 0.1) is 0 Å². The highest BCUT2D eigenvalue weighted by Gasteiger charge is 2.27. The molecule has 0 saturated heterocycles. The number of oxime groups is 1. The van der Waals surface area contributed by atoms with Gasteiger partial charge in [-0.1, -0.05) is 51.2 Å². The summed E-state index contributed by atoms with van der Waals surface area (Å²) in [5, 5.41) is 12.2. The SMILES string of the molecule is O=C(NCc1ccc(Cl)c(Cl)c1)C1=NO[C@H](Cc2noc(-c3ccc(Cl)cc3)n2)C1. The fraction of sp³-hybridized carbons (Fsp3) is 0.200. The van der Waals surface area contributed by atoms with Gasteiger partial charge in [-0.2, -0.15) is 4.98 Å². The summed E-state index contributed by atoms with van der Waals surface area (Å²) in [6.45, 7) is 0.300. The number of benzene rings is 2. The standard InChI is InChI=1S/C20H15Cl3N4O3/c21-13-4-2-12(3-5-13)20-25-18(27-30-20)9-14-8-17(26-29-14)19(28)24-10-11-1-6-15(22)16(23)7-11/h1-7,14H,8-10H2,(H,24,28)/t14-/m0/s1. The van der Waals surface area contributed by atoms with E-state index < -0.39 is 0 Å². The average Bonchev–Trinajstić information content (AvgIpc) is 3.39. The maximum atomic E-state index is 12.3. The van der Waals surface area contributed by atoms with Gasteiger partial charge in [-0.15, -0.1) is 0 Å². The lowest BCUT2D eigenvalue weighted by Gasteiger charge is -2.06. The zero-order valence-corrected chi connectivity index (χ0v) is 17.7. The Kier molecular flexibility index (Phi) is 6.22. The first kappa shape index (κ1) is 20.7. The Labute approximate surface area is 186 Å². The molecule has 1 amide bonds. The highest BCUT2D eigenvalue weighted by atomic mass is 35.5. The molecule has 2 aromatic carbocycles. The molecule has 1 aliphatic heterocycles. The van der Waals surface area contributed by atoms with E-state index in [1.807, 2.05) is 0 Å². The first-order valence-corrected chi connectivity index (χ1v) is 10.1. The van der Waals surface area contributed by atoms with Crippen LogP contribution in [-0.4, -0.2) is 27.9 Å². The Morgan fingerprint density at radius 3 is 2.67 bits per heavy atom. The molecule has 1 atom stereocenters. The molecule has 154 valence electrons. The molecule has 3 aromatic rings. The molecular formula is C20H15Cl3N4O3. The van der Waals surface area contributed by atoms with E-state index in [0.717, 1.165) is 11.1 Å². The van der Waals surface area contributed by atoms with Gasteiger partial charge in [-0.25, -0.2) is 0 Å². The maximum Gasteiger partial charge on any atom is 0.269 e. The van der Waals surface area contributed by atoms with Crippen molar-refractivity contribution in [3.63, 3.8) is 0 Å². The van der Waals surface area contributed by atoms with Crippen LogP contribution in [0.5, 0.6) is 0 Å². The smallest absolute Gasteiger partial charge is 0.269 e. The molecule has 10 heteroatoms. The summed E-state index contributed by atoms with van der Waals surface area (Å²) < 4.78 is 5.28. The lowest BCUT2D eigenvalue weighted by molar-refractivity contribution is -0.115. The van der Waals surface area contributed by atoms with Crippen LogP contribution >= 0.6 is 34.8 Å². The highest BCUT2D eigenvalue weighted by molar-refractivity contribution is 6.42. The van der Waals surface area contributed by atoms with Gasteiger partial charge < -0.3 is 14.7 Å². The number of hydrogen-bond donors (Lipinski definition) is 1. The first-order chi connectivity index (χ1) is 14.5. The summed E-state index contributed by atoms with van der Waals surface area (Å²) in [4.78, 5) is 22.1. The van der Waals surface area contributed by atoms with E-state index in [0.29, 0.717) is 51.9 Å². The fourth-order valence-electron chi connectivity index (χ4n) is 2.86. The Morgan fingerprint density at radius 1 is 1.10 bits per heavy atom. The number of carbonyl (C=O) groups excluding carboxylic acids is 1. The van der Waals surface area contributed by atoms with E-state index in [4.69, 9.17) is 44.2 Å². The third-order valence-corrected chi connectivity index (χ3v) is 5.39. The van der Waals surface area contributed by atoms with Crippen molar-refractivity contribution in [2.75, 3.05) is 0 Å². The highest BCUT2D eigenvalue weighted by Crippen LogP contribution is 2.23. The van der Waals surface area contributed by atoms with Gasteiger partial charge in [-0.05, 0) is 42.0 Å². The van der Waals surface area contributed by atoms with E-state index >= 15 is 0 Å². The predicted molar refractivity (Wildman–Crippen MR) is 114 cm³/mol. The van der Waals surface area contributed by atoms with E-state index in [1.165, 1.54) is 0 Å². The van der Waals surface area contributed by atoms with Gasteiger partial charge >= 0.3 is 0 Å². The molecule has 30 heavy (non-hydrogen) atoms. The van der Waals surface area contributed by atoms with Crippen LogP contribution in [0.1, 0.15) is 17.8 Å². The summed E-state index contributed by atoms with van der Waals surface area (Å²) in [5.74, 6) is 0.552. The van der Waals surface area contributed by atoms with Crippen LogP contribution in [0.3, 0.4) is 0 Å². The predicted octanol–water partition coefficient (Wildman–Crippen LogP) is 4.70. The van der Waals surface area contributed by atoms with Crippen LogP contribution in [-0.2, 0) is 22.6 Å². The van der Waals surface area contributed by atoms with Gasteiger partial charge in [-0.3, -0.25) is 4.79 Å². The second-order valence-corrected chi connectivity index (χ2v) is 7.88. The maximum absolute atomic E-state index is 12.3. The Bertz CT molecular complexity index is 1100. The van der Waals surface area contributed by atoms with Gasteiger partial charge in [0.1, 0.15) is 11.8 Å². The largest absolute Gasteiger partial charge is 0.391 e. The van der Waals surface area contributed by atoms with E-state index in [1.54, 1.807) is 42.5 Å². The van der Waals surface area contributed by atoms with Crippen molar-refractivity contribution in [1.82, 2.24) is 15.5 Å². The molecule has 0 aliphatic carbocycles. The number of nitrogens with one attached hydrogen (secondary N) is 1. The average molecular weight is 466 g/mol. The summed E-state index contributed by atoms with van der Waals surface area (Å²) in [7, 11) is 0. The molecule has 1 N–H and O–H groups in total. The molecule has 7 nitrogen and oxygen atoms in total. The van der Waals surface area contributed by atoms with Crippen molar-refractivity contribution in [1.29, 1.82) is 0 Å².